The molecule has 0 unspecified atom stereocenters. The third-order valence-corrected chi connectivity index (χ3v) is 0. The van der Waals surface area contributed by atoms with Gasteiger partial charge in [-0.2, -0.15) is 3.84 Å². The molecular weight excluding hydrogens is 279 g/mol. The summed E-state index contributed by atoms with van der Waals surface area (Å²) in [6.07, 6.45) is 0. The molecule has 0 saturated heterocycles. The molecule has 0 fully saturated rings. The van der Waals surface area contributed by atoms with E-state index in [-0.39, 0.29) is 42.1 Å². The average molecular weight is 279 g/mol. The van der Waals surface area contributed by atoms with Gasteiger partial charge in [0.25, 0.3) is 0 Å². The molecule has 0 amide bonds. The predicted octanol–water partition coefficient (Wildman–Crippen LogP) is 1.31. The van der Waals surface area contributed by atoms with E-state index >= 15 is 0 Å². The second-order valence-corrected chi connectivity index (χ2v) is 0.525. The van der Waals surface area contributed by atoms with E-state index in [1.54, 1.807) is 0 Å². The van der Waals surface area contributed by atoms with Crippen LogP contribution in [-0.4, -0.2) is 0 Å². The zero-order valence-electron chi connectivity index (χ0n) is 1.98. The Labute approximate surface area is 69.2 Å². The van der Waals surface area contributed by atoms with Crippen molar-refractivity contribution in [1.82, 2.24) is 0 Å². The Hall–Kier alpha value is 1.92. The fourth-order valence-electron chi connectivity index (χ4n) is 0. The summed E-state index contributed by atoms with van der Waals surface area (Å²) in [7, 11) is 0. The van der Waals surface area contributed by atoms with Crippen molar-refractivity contribution < 1.29 is 46.0 Å². The van der Waals surface area contributed by atoms with Gasteiger partial charge < -0.3 is 0 Å². The molecule has 5 heavy (non-hydrogen) atoms. The first kappa shape index (κ1) is 15.8. The Morgan fingerprint density at radius 2 is 1.00 bits per heavy atom. The minimum Gasteiger partial charge on any atom is -0.166 e. The van der Waals surface area contributed by atoms with Crippen LogP contribution in [0.5, 0.6) is 0 Å². The van der Waals surface area contributed by atoms with Crippen LogP contribution in [0.2, 0.25) is 0 Å². The molecular formula is Cl2Mo2O. The van der Waals surface area contributed by atoms with Crippen LogP contribution in [0.15, 0.2) is 0 Å². The fourth-order valence-corrected chi connectivity index (χ4v) is 0. The van der Waals surface area contributed by atoms with Crippen LogP contribution in [0, 0.1) is 0 Å². The van der Waals surface area contributed by atoms with Crippen molar-refractivity contribution in [2.45, 2.75) is 0 Å². The standard InChI is InChI=1S/Cl2O.2Mo/c1-3-2;;. The van der Waals surface area contributed by atoms with Crippen molar-refractivity contribution >= 4 is 23.7 Å². The monoisotopic (exact) mass is 282 g/mol. The Kier molecular flexibility index (Phi) is 53.1. The van der Waals surface area contributed by atoms with Crippen LogP contribution < -0.4 is 0 Å². The van der Waals surface area contributed by atoms with Gasteiger partial charge in [0.2, 0.25) is 0 Å². The van der Waals surface area contributed by atoms with E-state index in [1.165, 1.54) is 0 Å². The van der Waals surface area contributed by atoms with Crippen LogP contribution in [0.1, 0.15) is 0 Å². The van der Waals surface area contributed by atoms with Gasteiger partial charge in [0.05, 0.1) is 23.7 Å². The van der Waals surface area contributed by atoms with Crippen molar-refractivity contribution in [2.24, 2.45) is 0 Å². The van der Waals surface area contributed by atoms with Gasteiger partial charge in [0.1, 0.15) is 0 Å². The maximum atomic E-state index is 4.26. The number of hydrogen-bond acceptors (Lipinski definition) is 1. The summed E-state index contributed by atoms with van der Waals surface area (Å²) in [6.45, 7) is 0. The maximum Gasteiger partial charge on any atom is 0.0832 e. The second kappa shape index (κ2) is 16.8. The third-order valence-electron chi connectivity index (χ3n) is 0. The Morgan fingerprint density at radius 1 is 1.00 bits per heavy atom. The van der Waals surface area contributed by atoms with Crippen molar-refractivity contribution in [3.63, 3.8) is 0 Å². The van der Waals surface area contributed by atoms with Crippen molar-refractivity contribution in [1.29, 1.82) is 0 Å². The van der Waals surface area contributed by atoms with Gasteiger partial charge in [0, 0.05) is 42.1 Å². The minimum atomic E-state index is 0. The summed E-state index contributed by atoms with van der Waals surface area (Å²) in [5.41, 5.74) is 0. The van der Waals surface area contributed by atoms with E-state index in [1.807, 2.05) is 0 Å². The topological polar surface area (TPSA) is 9.23 Å². The van der Waals surface area contributed by atoms with E-state index in [0.29, 0.717) is 0 Å². The molecule has 0 aliphatic rings. The van der Waals surface area contributed by atoms with Crippen LogP contribution in [0.4, 0.5) is 0 Å². The van der Waals surface area contributed by atoms with Crippen molar-refractivity contribution in [2.75, 3.05) is 0 Å². The summed E-state index contributed by atoms with van der Waals surface area (Å²) in [6, 6.07) is 0. The van der Waals surface area contributed by atoms with Gasteiger partial charge >= 0.3 is 0 Å². The predicted molar refractivity (Wildman–Crippen MR) is 12.8 cm³/mol. The van der Waals surface area contributed by atoms with Crippen molar-refractivity contribution in [3.8, 4) is 0 Å². The number of halogens is 2. The van der Waals surface area contributed by atoms with Gasteiger partial charge in [-0.3, -0.25) is 0 Å². The first-order valence-corrected chi connectivity index (χ1v) is 0.926. The molecule has 0 bridgehead atoms. The van der Waals surface area contributed by atoms with E-state index in [0.717, 1.165) is 0 Å². The van der Waals surface area contributed by atoms with Crippen LogP contribution >= 0.6 is 23.7 Å². The Balaban J connectivity index is -0.0000000200. The second-order valence-electron chi connectivity index (χ2n) is 0.0583. The minimum absolute atomic E-state index is 0. The van der Waals surface area contributed by atoms with Crippen LogP contribution in [0.25, 0.3) is 0 Å². The molecule has 0 spiro atoms. The molecule has 32 valence electrons. The molecule has 0 aromatic rings. The quantitative estimate of drug-likeness (QED) is 0.607. The van der Waals surface area contributed by atoms with Gasteiger partial charge in [-0.1, -0.05) is 0 Å². The van der Waals surface area contributed by atoms with Crippen molar-refractivity contribution in [3.05, 3.63) is 0 Å². The van der Waals surface area contributed by atoms with Gasteiger partial charge in [-0.25, -0.2) is 0 Å². The number of hydrogen-bond donors (Lipinski definition) is 0. The molecule has 0 radical (unpaired) electrons. The maximum absolute atomic E-state index is 4.26. The van der Waals surface area contributed by atoms with Gasteiger partial charge in [-0.15, -0.1) is 0 Å². The summed E-state index contributed by atoms with van der Waals surface area (Å²) < 4.78 is 3.19. The Morgan fingerprint density at radius 3 is 1.00 bits per heavy atom. The Bertz CT molecular complexity index is 7.61. The number of rotatable bonds is 0. The summed E-state index contributed by atoms with van der Waals surface area (Å²) in [5.74, 6) is 0. The molecule has 0 aromatic carbocycles. The largest absolute Gasteiger partial charge is 0.166 e. The van der Waals surface area contributed by atoms with Crippen LogP contribution in [0.3, 0.4) is 0 Å². The average Bonchev–Trinajstić information content (AvgIpc) is 0.918. The van der Waals surface area contributed by atoms with E-state index in [4.69, 9.17) is 0 Å². The molecule has 0 atom stereocenters. The zero-order chi connectivity index (χ0) is 2.71. The molecule has 5 heteroatoms. The summed E-state index contributed by atoms with van der Waals surface area (Å²) in [5, 5.41) is 0. The first-order valence-electron chi connectivity index (χ1n) is 0.309. The third kappa shape index (κ3) is 24.7. The normalized spacial score (nSPS) is 3.60. The zero-order valence-corrected chi connectivity index (χ0v) is 7.51. The molecule has 0 rings (SSSR count). The van der Waals surface area contributed by atoms with E-state index in [2.05, 4.69) is 27.6 Å². The molecule has 0 aliphatic heterocycles. The SMILES string of the molecule is ClOCl.[Mo].[Mo]. The first-order chi connectivity index (χ1) is 1.41. The molecule has 0 saturated carbocycles. The van der Waals surface area contributed by atoms with E-state index < -0.39 is 0 Å². The molecule has 0 aromatic heterocycles. The van der Waals surface area contributed by atoms with Gasteiger partial charge in [-0.05, 0) is 0 Å². The molecule has 0 heterocycles. The van der Waals surface area contributed by atoms with Crippen LogP contribution in [-0.2, 0) is 46.0 Å². The smallest absolute Gasteiger partial charge is 0.0832 e. The molecule has 1 nitrogen and oxygen atoms in total. The molecule has 0 aliphatic carbocycles. The molecule has 0 N–H and O–H groups in total. The van der Waals surface area contributed by atoms with Gasteiger partial charge in [0.15, 0.2) is 0 Å². The summed E-state index contributed by atoms with van der Waals surface area (Å²) in [4.78, 5) is 0. The fraction of sp³-hybridized carbons (Fsp3) is 0. The summed E-state index contributed by atoms with van der Waals surface area (Å²) >= 11 is 8.53. The van der Waals surface area contributed by atoms with E-state index in [9.17, 15) is 0 Å².